The molecule has 0 heterocycles. The number of benzene rings is 1. The first kappa shape index (κ1) is 20.6. The van der Waals surface area contributed by atoms with Gasteiger partial charge in [-0.3, -0.25) is 9.59 Å². The largest absolute Gasteiger partial charge is 0.508 e. The maximum atomic E-state index is 12.5. The maximum absolute atomic E-state index is 12.5. The van der Waals surface area contributed by atoms with Crippen LogP contribution in [0.25, 0.3) is 0 Å². The van der Waals surface area contributed by atoms with E-state index < -0.39 is 17.9 Å². The van der Waals surface area contributed by atoms with Gasteiger partial charge in [-0.1, -0.05) is 0 Å². The van der Waals surface area contributed by atoms with Crippen molar-refractivity contribution in [1.29, 1.82) is 0 Å². The summed E-state index contributed by atoms with van der Waals surface area (Å²) in [4.78, 5) is 32.6. The molecular formula is C16H21FO6. The number of esters is 1. The normalized spacial score (nSPS) is 9.22. The van der Waals surface area contributed by atoms with E-state index >= 15 is 0 Å². The number of hydrogen-bond acceptors (Lipinski definition) is 6. The summed E-state index contributed by atoms with van der Waals surface area (Å²) in [6.07, 6.45) is -0.894. The summed E-state index contributed by atoms with van der Waals surface area (Å²) in [6, 6.07) is 5.05. The molecule has 0 fully saturated rings. The SMILES string of the molecule is CCOC(=O)CC(=O)c1ccc(F)cc1.CCOC(=O)OCC. The molecule has 0 aliphatic heterocycles. The molecule has 0 saturated carbocycles. The molecule has 1 aromatic carbocycles. The number of hydrogen-bond donors (Lipinski definition) is 0. The molecule has 0 saturated heterocycles. The van der Waals surface area contributed by atoms with Crippen LogP contribution < -0.4 is 0 Å². The highest BCUT2D eigenvalue weighted by molar-refractivity contribution is 6.05. The summed E-state index contributed by atoms with van der Waals surface area (Å²) in [7, 11) is 0. The quantitative estimate of drug-likeness (QED) is 0.453. The molecule has 0 N–H and O–H groups in total. The van der Waals surface area contributed by atoms with Gasteiger partial charge < -0.3 is 14.2 Å². The van der Waals surface area contributed by atoms with E-state index in [0.29, 0.717) is 18.8 Å². The number of Topliss-reactive ketones (excluding diaryl/α,β-unsaturated/α-hetero) is 1. The van der Waals surface area contributed by atoms with Crippen molar-refractivity contribution in [2.45, 2.75) is 27.2 Å². The number of halogens is 1. The van der Waals surface area contributed by atoms with Gasteiger partial charge in [0, 0.05) is 5.56 Å². The van der Waals surface area contributed by atoms with E-state index in [1.165, 1.54) is 24.3 Å². The van der Waals surface area contributed by atoms with Crippen molar-refractivity contribution in [3.63, 3.8) is 0 Å². The summed E-state index contributed by atoms with van der Waals surface area (Å²) in [5.41, 5.74) is 0.310. The van der Waals surface area contributed by atoms with Gasteiger partial charge in [-0.15, -0.1) is 0 Å². The van der Waals surface area contributed by atoms with Crippen LogP contribution in [-0.4, -0.2) is 37.7 Å². The highest BCUT2D eigenvalue weighted by Gasteiger charge is 2.12. The van der Waals surface area contributed by atoms with Gasteiger partial charge in [0.25, 0.3) is 0 Å². The maximum Gasteiger partial charge on any atom is 0.508 e. The van der Waals surface area contributed by atoms with E-state index in [-0.39, 0.29) is 18.8 Å². The van der Waals surface area contributed by atoms with Gasteiger partial charge >= 0.3 is 12.1 Å². The van der Waals surface area contributed by atoms with E-state index in [1.807, 2.05) is 0 Å². The predicted octanol–water partition coefficient (Wildman–Crippen LogP) is 3.14. The van der Waals surface area contributed by atoms with Crippen LogP contribution in [0.1, 0.15) is 37.6 Å². The molecule has 128 valence electrons. The van der Waals surface area contributed by atoms with Crippen molar-refractivity contribution in [3.05, 3.63) is 35.6 Å². The molecule has 0 unspecified atom stereocenters. The first-order valence-electron chi connectivity index (χ1n) is 7.18. The van der Waals surface area contributed by atoms with Gasteiger partial charge in [0.2, 0.25) is 0 Å². The van der Waals surface area contributed by atoms with E-state index in [2.05, 4.69) is 14.2 Å². The Hall–Kier alpha value is -2.44. The van der Waals surface area contributed by atoms with Gasteiger partial charge in [0.15, 0.2) is 5.78 Å². The Morgan fingerprint density at radius 2 is 1.35 bits per heavy atom. The number of rotatable bonds is 6. The minimum absolute atomic E-state index is 0.246. The first-order valence-corrected chi connectivity index (χ1v) is 7.18. The van der Waals surface area contributed by atoms with Crippen molar-refractivity contribution in [2.24, 2.45) is 0 Å². The minimum atomic E-state index is -0.588. The lowest BCUT2D eigenvalue weighted by Gasteiger charge is -2.01. The van der Waals surface area contributed by atoms with Crippen molar-refractivity contribution < 1.29 is 33.0 Å². The number of carbonyl (C=O) groups excluding carboxylic acids is 3. The summed E-state index contributed by atoms with van der Waals surface area (Å²) in [6.45, 7) is 6.13. The van der Waals surface area contributed by atoms with Crippen LogP contribution in [0, 0.1) is 5.82 Å². The molecule has 0 amide bonds. The predicted molar refractivity (Wildman–Crippen MR) is 80.6 cm³/mol. The molecule has 0 bridgehead atoms. The fraction of sp³-hybridized carbons (Fsp3) is 0.438. The second kappa shape index (κ2) is 12.1. The molecule has 6 nitrogen and oxygen atoms in total. The lowest BCUT2D eigenvalue weighted by atomic mass is 10.1. The van der Waals surface area contributed by atoms with Crippen LogP contribution in [-0.2, 0) is 19.0 Å². The molecular weight excluding hydrogens is 307 g/mol. The van der Waals surface area contributed by atoms with Crippen LogP contribution in [0.4, 0.5) is 9.18 Å². The van der Waals surface area contributed by atoms with Crippen molar-refractivity contribution in [3.8, 4) is 0 Å². The zero-order valence-corrected chi connectivity index (χ0v) is 13.5. The molecule has 0 aromatic heterocycles. The first-order chi connectivity index (χ1) is 10.9. The summed E-state index contributed by atoms with van der Waals surface area (Å²) < 4.78 is 26.0. The second-order valence-corrected chi connectivity index (χ2v) is 4.03. The van der Waals surface area contributed by atoms with E-state index in [0.717, 1.165) is 0 Å². The van der Waals surface area contributed by atoms with Crippen LogP contribution >= 0.6 is 0 Å². The van der Waals surface area contributed by atoms with E-state index in [9.17, 15) is 18.8 Å². The summed E-state index contributed by atoms with van der Waals surface area (Å²) >= 11 is 0. The Kier molecular flexibility index (Phi) is 10.9. The highest BCUT2D eigenvalue weighted by atomic mass is 19.1. The topological polar surface area (TPSA) is 78.9 Å². The molecule has 0 atom stereocenters. The third kappa shape index (κ3) is 10.00. The Morgan fingerprint density at radius 3 is 1.78 bits per heavy atom. The lowest BCUT2D eigenvalue weighted by molar-refractivity contribution is -0.141. The lowest BCUT2D eigenvalue weighted by Crippen LogP contribution is -2.11. The monoisotopic (exact) mass is 328 g/mol. The van der Waals surface area contributed by atoms with Gasteiger partial charge in [-0.05, 0) is 45.0 Å². The molecule has 0 aliphatic carbocycles. The van der Waals surface area contributed by atoms with Gasteiger partial charge in [-0.25, -0.2) is 9.18 Å². The smallest absolute Gasteiger partial charge is 0.466 e. The molecule has 1 aromatic rings. The molecule has 0 spiro atoms. The number of ketones is 1. The third-order valence-electron chi connectivity index (χ3n) is 2.30. The summed E-state index contributed by atoms with van der Waals surface area (Å²) in [5, 5.41) is 0. The molecule has 1 rings (SSSR count). The number of carbonyl (C=O) groups is 3. The molecule has 23 heavy (non-hydrogen) atoms. The van der Waals surface area contributed by atoms with Crippen LogP contribution in [0.5, 0.6) is 0 Å². The van der Waals surface area contributed by atoms with Crippen molar-refractivity contribution in [1.82, 2.24) is 0 Å². The number of ether oxygens (including phenoxy) is 3. The van der Waals surface area contributed by atoms with E-state index in [4.69, 9.17) is 0 Å². The van der Waals surface area contributed by atoms with Crippen molar-refractivity contribution >= 4 is 17.9 Å². The Balaban J connectivity index is 0.000000515. The highest BCUT2D eigenvalue weighted by Crippen LogP contribution is 2.06. The van der Waals surface area contributed by atoms with Crippen LogP contribution in [0.2, 0.25) is 0 Å². The molecule has 0 radical (unpaired) electrons. The summed E-state index contributed by atoms with van der Waals surface area (Å²) in [5.74, 6) is -1.34. The second-order valence-electron chi connectivity index (χ2n) is 4.03. The fourth-order valence-corrected chi connectivity index (χ4v) is 1.36. The van der Waals surface area contributed by atoms with Gasteiger partial charge in [0.1, 0.15) is 12.2 Å². The average Bonchev–Trinajstić information content (AvgIpc) is 2.49. The minimum Gasteiger partial charge on any atom is -0.466 e. The molecule has 7 heteroatoms. The van der Waals surface area contributed by atoms with E-state index in [1.54, 1.807) is 20.8 Å². The third-order valence-corrected chi connectivity index (χ3v) is 2.30. The average molecular weight is 328 g/mol. The van der Waals surface area contributed by atoms with Crippen LogP contribution in [0.3, 0.4) is 0 Å². The standard InChI is InChI=1S/C11H11FO3.C5H10O3/c1-2-15-11(14)7-10(13)8-3-5-9(12)6-4-8;1-3-7-5(6)8-4-2/h3-6H,2,7H2,1H3;3-4H2,1-2H3. The zero-order valence-electron chi connectivity index (χ0n) is 13.5. The van der Waals surface area contributed by atoms with Crippen molar-refractivity contribution in [2.75, 3.05) is 19.8 Å². The Bertz CT molecular complexity index is 490. The van der Waals surface area contributed by atoms with Gasteiger partial charge in [0.05, 0.1) is 19.8 Å². The Morgan fingerprint density at radius 1 is 0.870 bits per heavy atom. The van der Waals surface area contributed by atoms with Crippen LogP contribution in [0.15, 0.2) is 24.3 Å². The Labute approximate surface area is 134 Å². The fourth-order valence-electron chi connectivity index (χ4n) is 1.36. The molecule has 0 aliphatic rings. The van der Waals surface area contributed by atoms with Gasteiger partial charge in [-0.2, -0.15) is 0 Å². The zero-order chi connectivity index (χ0) is 17.7.